The van der Waals surface area contributed by atoms with Crippen molar-refractivity contribution in [3.63, 3.8) is 0 Å². The first-order valence-electron chi connectivity index (χ1n) is 3.40. The molecule has 0 unspecified atom stereocenters. The maximum Gasteiger partial charge on any atom is 0.149 e. The molecule has 0 spiro atoms. The molecule has 0 aliphatic heterocycles. The molecule has 0 saturated carbocycles. The van der Waals surface area contributed by atoms with Gasteiger partial charge in [-0.3, -0.25) is 4.98 Å². The van der Waals surface area contributed by atoms with Crippen molar-refractivity contribution in [2.24, 2.45) is 0 Å². The molecule has 0 amide bonds. The molecule has 2 rings (SSSR count). The van der Waals surface area contributed by atoms with Gasteiger partial charge in [0.25, 0.3) is 0 Å². The van der Waals surface area contributed by atoms with Crippen LogP contribution in [0.1, 0.15) is 0 Å². The molecule has 0 bridgehead atoms. The number of aromatic nitrogens is 2. The lowest BCUT2D eigenvalue weighted by molar-refractivity contribution is 0.622. The Kier molecular flexibility index (Phi) is 2.24. The molecule has 2 aromatic heterocycles. The minimum absolute atomic E-state index is 0.296. The first kappa shape index (κ1) is 8.59. The largest absolute Gasteiger partial charge is 0.261 e. The summed E-state index contributed by atoms with van der Waals surface area (Å²) in [5.41, 5.74) is 0.619. The van der Waals surface area contributed by atoms with Crippen LogP contribution in [0.15, 0.2) is 18.5 Å². The highest BCUT2D eigenvalue weighted by Gasteiger charge is 2.04. The molecule has 1 radical (unpaired) electrons. The van der Waals surface area contributed by atoms with Crippen LogP contribution < -0.4 is 0 Å². The molecule has 0 N–H and O–H groups in total. The first-order chi connectivity index (χ1) is 6.25. The zero-order valence-electron chi connectivity index (χ0n) is 6.29. The van der Waals surface area contributed by atoms with Crippen molar-refractivity contribution in [1.29, 1.82) is 0 Å². The molecule has 65 valence electrons. The van der Waals surface area contributed by atoms with Gasteiger partial charge in [0.05, 0.1) is 11.6 Å². The van der Waals surface area contributed by atoms with Crippen molar-refractivity contribution in [3.8, 4) is 10.6 Å². The Hall–Kier alpha value is -1.000. The Morgan fingerprint density at radius 2 is 2.31 bits per heavy atom. The minimum Gasteiger partial charge on any atom is -0.261 e. The van der Waals surface area contributed by atoms with E-state index in [9.17, 15) is 4.39 Å². The number of halogens is 2. The van der Waals surface area contributed by atoms with Gasteiger partial charge < -0.3 is 0 Å². The molecule has 0 saturated heterocycles. The third-order valence-corrected chi connectivity index (χ3v) is 2.49. The number of rotatable bonds is 1. The van der Waals surface area contributed by atoms with E-state index >= 15 is 0 Å². The molecular weight excluding hydrogens is 211 g/mol. The van der Waals surface area contributed by atoms with Crippen molar-refractivity contribution >= 4 is 22.9 Å². The average molecular weight is 214 g/mol. The van der Waals surface area contributed by atoms with Crippen LogP contribution in [-0.2, 0) is 0 Å². The zero-order chi connectivity index (χ0) is 9.26. The van der Waals surface area contributed by atoms with E-state index in [1.54, 1.807) is 0 Å². The SMILES string of the molecule is Fc1cncc(-c2nc(Cl)[c]s2)c1. The fraction of sp³-hybridized carbons (Fsp3) is 0. The maximum atomic E-state index is 12.7. The summed E-state index contributed by atoms with van der Waals surface area (Å²) in [4.78, 5) is 7.65. The van der Waals surface area contributed by atoms with Crippen molar-refractivity contribution in [1.82, 2.24) is 9.97 Å². The van der Waals surface area contributed by atoms with Crippen molar-refractivity contribution in [2.75, 3.05) is 0 Å². The monoisotopic (exact) mass is 213 g/mol. The summed E-state index contributed by atoms with van der Waals surface area (Å²) in [7, 11) is 0. The van der Waals surface area contributed by atoms with Gasteiger partial charge in [0, 0.05) is 11.8 Å². The van der Waals surface area contributed by atoms with E-state index in [1.165, 1.54) is 23.6 Å². The molecule has 2 nitrogen and oxygen atoms in total. The van der Waals surface area contributed by atoms with Gasteiger partial charge in [-0.25, -0.2) is 9.37 Å². The van der Waals surface area contributed by atoms with E-state index in [2.05, 4.69) is 15.3 Å². The normalized spacial score (nSPS) is 10.3. The second-order valence-electron chi connectivity index (χ2n) is 2.30. The van der Waals surface area contributed by atoms with E-state index in [0.29, 0.717) is 15.7 Å². The van der Waals surface area contributed by atoms with Crippen LogP contribution in [0.5, 0.6) is 0 Å². The fourth-order valence-corrected chi connectivity index (χ4v) is 1.72. The summed E-state index contributed by atoms with van der Waals surface area (Å²) in [6.45, 7) is 0. The van der Waals surface area contributed by atoms with Gasteiger partial charge in [0.2, 0.25) is 0 Å². The summed E-state index contributed by atoms with van der Waals surface area (Å²) in [5.74, 6) is -0.385. The lowest BCUT2D eigenvalue weighted by atomic mass is 10.3. The lowest BCUT2D eigenvalue weighted by Gasteiger charge is -1.93. The standard InChI is InChI=1S/C8H3ClFN2S/c9-7-4-13-8(12-7)5-1-6(10)3-11-2-5/h1-3H. The highest BCUT2D eigenvalue weighted by atomic mass is 35.5. The summed E-state index contributed by atoms with van der Waals surface area (Å²) >= 11 is 6.82. The first-order valence-corrected chi connectivity index (χ1v) is 4.60. The Balaban J connectivity index is 2.46. The smallest absolute Gasteiger partial charge is 0.149 e. The van der Waals surface area contributed by atoms with Crippen molar-refractivity contribution < 1.29 is 4.39 Å². The van der Waals surface area contributed by atoms with Gasteiger partial charge in [0.15, 0.2) is 0 Å². The Bertz CT molecular complexity index is 430. The van der Waals surface area contributed by atoms with Gasteiger partial charge >= 0.3 is 0 Å². The molecule has 0 atom stereocenters. The third-order valence-electron chi connectivity index (χ3n) is 1.38. The summed E-state index contributed by atoms with van der Waals surface area (Å²) in [5, 5.41) is 3.65. The second-order valence-corrected chi connectivity index (χ2v) is 3.46. The van der Waals surface area contributed by atoms with Crippen LogP contribution in [-0.4, -0.2) is 9.97 Å². The minimum atomic E-state index is -0.385. The van der Waals surface area contributed by atoms with Gasteiger partial charge in [-0.05, 0) is 6.07 Å². The molecule has 0 fully saturated rings. The predicted octanol–water partition coefficient (Wildman–Crippen LogP) is 2.80. The van der Waals surface area contributed by atoms with Crippen LogP contribution in [0, 0.1) is 11.2 Å². The van der Waals surface area contributed by atoms with Crippen LogP contribution in [0.2, 0.25) is 5.15 Å². The number of pyridine rings is 1. The van der Waals surface area contributed by atoms with E-state index in [0.717, 1.165) is 6.20 Å². The Labute approximate surface area is 83.0 Å². The molecule has 0 aliphatic carbocycles. The van der Waals surface area contributed by atoms with Crippen LogP contribution in [0.25, 0.3) is 10.6 Å². The molecule has 0 aliphatic rings. The molecule has 13 heavy (non-hydrogen) atoms. The van der Waals surface area contributed by atoms with E-state index in [1.807, 2.05) is 0 Å². The number of hydrogen-bond acceptors (Lipinski definition) is 3. The zero-order valence-corrected chi connectivity index (χ0v) is 7.86. The highest BCUT2D eigenvalue weighted by Crippen LogP contribution is 2.24. The van der Waals surface area contributed by atoms with Crippen LogP contribution >= 0.6 is 22.9 Å². The average Bonchev–Trinajstić information content (AvgIpc) is 2.52. The van der Waals surface area contributed by atoms with Gasteiger partial charge in [-0.1, -0.05) is 11.6 Å². The summed E-state index contributed by atoms with van der Waals surface area (Å²) < 4.78 is 12.7. The lowest BCUT2D eigenvalue weighted by Crippen LogP contribution is -1.81. The predicted molar refractivity (Wildman–Crippen MR) is 49.1 cm³/mol. The van der Waals surface area contributed by atoms with E-state index in [4.69, 9.17) is 11.6 Å². The number of thiazole rings is 1. The van der Waals surface area contributed by atoms with Crippen LogP contribution in [0.4, 0.5) is 4.39 Å². The molecule has 2 aromatic rings. The fourth-order valence-electron chi connectivity index (χ4n) is 0.878. The Morgan fingerprint density at radius 3 is 2.92 bits per heavy atom. The van der Waals surface area contributed by atoms with Gasteiger partial charge in [-0.2, -0.15) is 0 Å². The summed E-state index contributed by atoms with van der Waals surface area (Å²) in [6.07, 6.45) is 2.68. The van der Waals surface area contributed by atoms with Gasteiger partial charge in [-0.15, -0.1) is 11.3 Å². The summed E-state index contributed by atoms with van der Waals surface area (Å²) in [6, 6.07) is 1.36. The van der Waals surface area contributed by atoms with E-state index < -0.39 is 0 Å². The second kappa shape index (κ2) is 3.40. The van der Waals surface area contributed by atoms with Gasteiger partial charge in [0.1, 0.15) is 16.0 Å². The topological polar surface area (TPSA) is 25.8 Å². The molecule has 0 aromatic carbocycles. The highest BCUT2D eigenvalue weighted by molar-refractivity contribution is 7.13. The number of hydrogen-bond donors (Lipinski definition) is 0. The molecular formula is C8H3ClFN2S. The van der Waals surface area contributed by atoms with E-state index in [-0.39, 0.29) is 5.82 Å². The molecule has 5 heteroatoms. The molecule has 2 heterocycles. The third kappa shape index (κ3) is 1.84. The van der Waals surface area contributed by atoms with Crippen molar-refractivity contribution in [3.05, 3.63) is 34.8 Å². The van der Waals surface area contributed by atoms with Crippen LogP contribution in [0.3, 0.4) is 0 Å². The Morgan fingerprint density at radius 1 is 1.46 bits per heavy atom. The van der Waals surface area contributed by atoms with Crippen molar-refractivity contribution in [2.45, 2.75) is 0 Å². The number of nitrogens with zero attached hydrogens (tertiary/aromatic N) is 2. The maximum absolute atomic E-state index is 12.7. The quantitative estimate of drug-likeness (QED) is 0.728.